The molecule has 0 aromatic heterocycles. The van der Waals surface area contributed by atoms with E-state index in [1.54, 1.807) is 0 Å². The fourth-order valence-corrected chi connectivity index (χ4v) is 1.10. The quantitative estimate of drug-likeness (QED) is 0.724. The Morgan fingerprint density at radius 1 is 1.33 bits per heavy atom. The molecule has 64 valence electrons. The average molecular weight is 162 g/mol. The van der Waals surface area contributed by atoms with Crippen LogP contribution in [0.2, 0.25) is 0 Å². The lowest BCUT2D eigenvalue weighted by atomic mass is 10.1. The molecule has 1 aromatic carbocycles. The van der Waals surface area contributed by atoms with E-state index in [-0.39, 0.29) is 6.61 Å². The summed E-state index contributed by atoms with van der Waals surface area (Å²) < 4.78 is 0. The van der Waals surface area contributed by atoms with Gasteiger partial charge in [0.1, 0.15) is 0 Å². The summed E-state index contributed by atoms with van der Waals surface area (Å²) in [5.74, 6) is 0. The maximum absolute atomic E-state index is 8.62. The van der Waals surface area contributed by atoms with Crippen molar-refractivity contribution in [1.82, 2.24) is 0 Å². The first kappa shape index (κ1) is 9.01. The van der Waals surface area contributed by atoms with Crippen molar-refractivity contribution < 1.29 is 5.11 Å². The molecule has 0 bridgehead atoms. The predicted molar refractivity (Wildman–Crippen MR) is 51.8 cm³/mol. The van der Waals surface area contributed by atoms with Crippen molar-refractivity contribution in [2.75, 3.05) is 6.61 Å². The Hall–Kier alpha value is -1.08. The van der Waals surface area contributed by atoms with E-state index in [4.69, 9.17) is 5.11 Å². The molecule has 1 heteroatoms. The Morgan fingerprint density at radius 2 is 2.00 bits per heavy atom. The van der Waals surface area contributed by atoms with Crippen molar-refractivity contribution in [1.29, 1.82) is 0 Å². The number of allylic oxidation sites excluding steroid dienone is 1. The lowest BCUT2D eigenvalue weighted by Gasteiger charge is -1.99. The van der Waals surface area contributed by atoms with E-state index < -0.39 is 0 Å². The molecule has 0 aliphatic heterocycles. The van der Waals surface area contributed by atoms with E-state index in [1.165, 1.54) is 11.1 Å². The highest BCUT2D eigenvalue weighted by molar-refractivity contribution is 5.63. The van der Waals surface area contributed by atoms with Gasteiger partial charge >= 0.3 is 0 Å². The predicted octanol–water partition coefficient (Wildman–Crippen LogP) is 2.47. The topological polar surface area (TPSA) is 20.2 Å². The monoisotopic (exact) mass is 162 g/mol. The Bertz CT molecular complexity index is 249. The highest BCUT2D eigenvalue weighted by atomic mass is 16.2. The zero-order valence-electron chi connectivity index (χ0n) is 7.33. The molecule has 0 spiro atoms. The maximum Gasteiger partial charge on any atom is 0.0465 e. The largest absolute Gasteiger partial charge is 0.396 e. The third kappa shape index (κ3) is 2.51. The van der Waals surface area contributed by atoms with Crippen LogP contribution in [0.5, 0.6) is 0 Å². The van der Waals surface area contributed by atoms with Crippen molar-refractivity contribution in [3.05, 3.63) is 42.0 Å². The van der Waals surface area contributed by atoms with Gasteiger partial charge in [0.05, 0.1) is 0 Å². The van der Waals surface area contributed by atoms with E-state index in [0.29, 0.717) is 0 Å². The van der Waals surface area contributed by atoms with Crippen LogP contribution in [-0.4, -0.2) is 11.7 Å². The van der Waals surface area contributed by atoms with E-state index in [9.17, 15) is 0 Å². The molecule has 0 atom stereocenters. The van der Waals surface area contributed by atoms with Gasteiger partial charge in [-0.05, 0) is 24.5 Å². The summed E-state index contributed by atoms with van der Waals surface area (Å²) >= 11 is 0. The normalized spacial score (nSPS) is 11.7. The highest BCUT2D eigenvalue weighted by Gasteiger charge is 1.91. The zero-order chi connectivity index (χ0) is 8.81. The molecule has 0 aliphatic rings. The number of rotatable bonds is 3. The standard InChI is InChI=1S/C11H14O/c1-10(6-5-9-12)11-7-3-2-4-8-11/h2-4,6-8,12H,5,9H2,1H3/b10-6+. The summed E-state index contributed by atoms with van der Waals surface area (Å²) in [6.45, 7) is 2.29. The van der Waals surface area contributed by atoms with Gasteiger partial charge in [-0.25, -0.2) is 0 Å². The molecule has 0 saturated carbocycles. The Balaban J connectivity index is 2.71. The van der Waals surface area contributed by atoms with Crippen molar-refractivity contribution in [2.45, 2.75) is 13.3 Å². The van der Waals surface area contributed by atoms with Crippen LogP contribution in [0.1, 0.15) is 18.9 Å². The Kier molecular flexibility index (Phi) is 3.55. The minimum Gasteiger partial charge on any atom is -0.396 e. The molecule has 1 rings (SSSR count). The Labute approximate surface area is 73.4 Å². The van der Waals surface area contributed by atoms with Gasteiger partial charge in [0.15, 0.2) is 0 Å². The summed E-state index contributed by atoms with van der Waals surface area (Å²) in [5, 5.41) is 8.62. The summed E-state index contributed by atoms with van der Waals surface area (Å²) in [5.41, 5.74) is 2.45. The number of aliphatic hydroxyl groups is 1. The van der Waals surface area contributed by atoms with E-state index in [1.807, 2.05) is 18.2 Å². The smallest absolute Gasteiger partial charge is 0.0465 e. The van der Waals surface area contributed by atoms with Crippen molar-refractivity contribution >= 4 is 5.57 Å². The first-order valence-electron chi connectivity index (χ1n) is 4.17. The Morgan fingerprint density at radius 3 is 2.58 bits per heavy atom. The van der Waals surface area contributed by atoms with Crippen LogP contribution in [0, 0.1) is 0 Å². The first-order valence-corrected chi connectivity index (χ1v) is 4.17. The maximum atomic E-state index is 8.62. The van der Waals surface area contributed by atoms with Crippen LogP contribution in [0.25, 0.3) is 5.57 Å². The second kappa shape index (κ2) is 4.73. The van der Waals surface area contributed by atoms with Gasteiger partial charge in [-0.2, -0.15) is 0 Å². The van der Waals surface area contributed by atoms with Gasteiger partial charge in [0.2, 0.25) is 0 Å². The molecule has 0 unspecified atom stereocenters. The van der Waals surface area contributed by atoms with E-state index in [2.05, 4.69) is 25.1 Å². The molecular formula is C11H14O. The van der Waals surface area contributed by atoms with Gasteiger partial charge in [0.25, 0.3) is 0 Å². The second-order valence-corrected chi connectivity index (χ2v) is 2.77. The third-order valence-electron chi connectivity index (χ3n) is 1.81. The molecule has 0 fully saturated rings. The fraction of sp³-hybridized carbons (Fsp3) is 0.273. The van der Waals surface area contributed by atoms with Crippen LogP contribution >= 0.6 is 0 Å². The first-order chi connectivity index (χ1) is 5.84. The van der Waals surface area contributed by atoms with Gasteiger partial charge in [0, 0.05) is 6.61 Å². The summed E-state index contributed by atoms with van der Waals surface area (Å²) in [4.78, 5) is 0. The molecule has 1 nitrogen and oxygen atoms in total. The van der Waals surface area contributed by atoms with Gasteiger partial charge < -0.3 is 5.11 Å². The third-order valence-corrected chi connectivity index (χ3v) is 1.81. The number of hydrogen-bond donors (Lipinski definition) is 1. The summed E-state index contributed by atoms with van der Waals surface area (Å²) in [7, 11) is 0. The highest BCUT2D eigenvalue weighted by Crippen LogP contribution is 2.12. The van der Waals surface area contributed by atoms with Crippen LogP contribution in [-0.2, 0) is 0 Å². The van der Waals surface area contributed by atoms with Gasteiger partial charge in [-0.1, -0.05) is 36.4 Å². The molecule has 12 heavy (non-hydrogen) atoms. The molecule has 0 aliphatic carbocycles. The number of hydrogen-bond acceptors (Lipinski definition) is 1. The van der Waals surface area contributed by atoms with E-state index in [0.717, 1.165) is 6.42 Å². The fourth-order valence-electron chi connectivity index (χ4n) is 1.10. The lowest BCUT2D eigenvalue weighted by Crippen LogP contribution is -1.81. The van der Waals surface area contributed by atoms with E-state index >= 15 is 0 Å². The van der Waals surface area contributed by atoms with Crippen LogP contribution in [0.3, 0.4) is 0 Å². The molecule has 0 radical (unpaired) electrons. The van der Waals surface area contributed by atoms with Gasteiger partial charge in [-0.15, -0.1) is 0 Å². The molecule has 0 heterocycles. The second-order valence-electron chi connectivity index (χ2n) is 2.77. The molecule has 0 saturated heterocycles. The van der Waals surface area contributed by atoms with Crippen LogP contribution in [0.4, 0.5) is 0 Å². The molecule has 1 aromatic rings. The lowest BCUT2D eigenvalue weighted by molar-refractivity contribution is 0.303. The minimum absolute atomic E-state index is 0.226. The molecule has 1 N–H and O–H groups in total. The number of benzene rings is 1. The van der Waals surface area contributed by atoms with Crippen molar-refractivity contribution in [3.8, 4) is 0 Å². The summed E-state index contributed by atoms with van der Waals surface area (Å²) in [6.07, 6.45) is 2.79. The number of aliphatic hydroxyl groups excluding tert-OH is 1. The van der Waals surface area contributed by atoms with Gasteiger partial charge in [-0.3, -0.25) is 0 Å². The van der Waals surface area contributed by atoms with Crippen LogP contribution in [0.15, 0.2) is 36.4 Å². The minimum atomic E-state index is 0.226. The van der Waals surface area contributed by atoms with Crippen LogP contribution < -0.4 is 0 Å². The van der Waals surface area contributed by atoms with Crippen molar-refractivity contribution in [3.63, 3.8) is 0 Å². The molecule has 0 amide bonds. The average Bonchev–Trinajstić information content (AvgIpc) is 2.15. The zero-order valence-corrected chi connectivity index (χ0v) is 7.33. The summed E-state index contributed by atoms with van der Waals surface area (Å²) in [6, 6.07) is 10.2. The molecular weight excluding hydrogens is 148 g/mol. The SMILES string of the molecule is C/C(=C\CCO)c1ccccc1. The van der Waals surface area contributed by atoms with Crippen molar-refractivity contribution in [2.24, 2.45) is 0 Å².